The highest BCUT2D eigenvalue weighted by molar-refractivity contribution is 5.32. The molecule has 0 bridgehead atoms. The molecule has 1 rings (SSSR count). The molecule has 66 valence electrons. The zero-order valence-corrected chi connectivity index (χ0v) is 7.83. The molecule has 0 aliphatic carbocycles. The molecule has 0 aromatic heterocycles. The van der Waals surface area contributed by atoms with Gasteiger partial charge in [0.25, 0.3) is 0 Å². The first-order valence-electron chi connectivity index (χ1n) is 4.16. The molecule has 0 saturated carbocycles. The second kappa shape index (κ2) is 3.18. The van der Waals surface area contributed by atoms with Crippen LogP contribution in [-0.4, -0.2) is 5.11 Å². The fraction of sp³-hybridized carbons (Fsp3) is 0.364. The predicted octanol–water partition coefficient (Wildman–Crippen LogP) is 2.89. The zero-order valence-electron chi connectivity index (χ0n) is 7.83. The maximum Gasteiger partial charge on any atom is 0.115 e. The lowest BCUT2D eigenvalue weighted by atomic mass is 9.82. The molecule has 0 atom stereocenters. The second-order valence-corrected chi connectivity index (χ2v) is 3.56. The fourth-order valence-electron chi connectivity index (χ4n) is 1.06. The summed E-state index contributed by atoms with van der Waals surface area (Å²) in [5.41, 5.74) is 1.32. The zero-order chi connectivity index (χ0) is 9.19. The molecule has 1 aromatic carbocycles. The number of aromatic hydroxyl groups is 1. The van der Waals surface area contributed by atoms with Gasteiger partial charge in [-0.15, -0.1) is 5.41 Å². The molecule has 0 amide bonds. The number of hydrogen-bond acceptors (Lipinski definition) is 1. The van der Waals surface area contributed by atoms with Crippen molar-refractivity contribution < 1.29 is 5.11 Å². The Labute approximate surface area is 74.1 Å². The van der Waals surface area contributed by atoms with Crippen LogP contribution in [0.1, 0.15) is 26.3 Å². The average molecular weight is 163 g/mol. The Kier molecular flexibility index (Phi) is 2.41. The SMILES string of the molecule is C[CH-]C(C)(C)c1ccc(O)cc1. The lowest BCUT2D eigenvalue weighted by Crippen LogP contribution is -2.15. The van der Waals surface area contributed by atoms with Crippen molar-refractivity contribution in [2.75, 3.05) is 0 Å². The molecule has 0 unspecified atom stereocenters. The Morgan fingerprint density at radius 3 is 2.08 bits per heavy atom. The van der Waals surface area contributed by atoms with Crippen LogP contribution in [-0.2, 0) is 5.41 Å². The van der Waals surface area contributed by atoms with Gasteiger partial charge in [0, 0.05) is 0 Å². The second-order valence-electron chi connectivity index (χ2n) is 3.56. The minimum Gasteiger partial charge on any atom is -0.508 e. The molecule has 1 N–H and O–H groups in total. The summed E-state index contributed by atoms with van der Waals surface area (Å²) >= 11 is 0. The molecule has 0 fully saturated rings. The van der Waals surface area contributed by atoms with Crippen LogP contribution in [0.15, 0.2) is 24.3 Å². The Morgan fingerprint density at radius 2 is 1.67 bits per heavy atom. The number of benzene rings is 1. The third-order valence-corrected chi connectivity index (χ3v) is 2.33. The first-order chi connectivity index (χ1) is 5.56. The molecule has 1 heteroatoms. The van der Waals surface area contributed by atoms with Gasteiger partial charge in [-0.25, -0.2) is 0 Å². The van der Waals surface area contributed by atoms with Crippen LogP contribution in [0.4, 0.5) is 0 Å². The molecule has 0 heterocycles. The van der Waals surface area contributed by atoms with Crippen molar-refractivity contribution in [3.63, 3.8) is 0 Å². The average Bonchev–Trinajstić information content (AvgIpc) is 2.05. The Bertz CT molecular complexity index is 246. The number of hydrogen-bond donors (Lipinski definition) is 1. The number of phenols is 1. The van der Waals surface area contributed by atoms with Crippen molar-refractivity contribution in [3.05, 3.63) is 36.2 Å². The van der Waals surface area contributed by atoms with Crippen LogP contribution in [0.25, 0.3) is 0 Å². The van der Waals surface area contributed by atoms with E-state index >= 15 is 0 Å². The van der Waals surface area contributed by atoms with Crippen LogP contribution >= 0.6 is 0 Å². The van der Waals surface area contributed by atoms with Crippen molar-refractivity contribution in [1.82, 2.24) is 0 Å². The highest BCUT2D eigenvalue weighted by Crippen LogP contribution is 2.26. The molecular formula is C11H15O-. The lowest BCUT2D eigenvalue weighted by Gasteiger charge is -2.33. The van der Waals surface area contributed by atoms with Crippen LogP contribution in [0.2, 0.25) is 0 Å². The van der Waals surface area contributed by atoms with E-state index in [-0.39, 0.29) is 5.41 Å². The van der Waals surface area contributed by atoms with Gasteiger partial charge in [0.15, 0.2) is 0 Å². The summed E-state index contributed by atoms with van der Waals surface area (Å²) in [5.74, 6) is 0.325. The first kappa shape index (κ1) is 9.11. The van der Waals surface area contributed by atoms with E-state index in [1.807, 2.05) is 19.1 Å². The van der Waals surface area contributed by atoms with Crippen molar-refractivity contribution in [2.24, 2.45) is 0 Å². The summed E-state index contributed by atoms with van der Waals surface area (Å²) in [4.78, 5) is 0. The Hall–Kier alpha value is -0.980. The minimum absolute atomic E-state index is 0.0910. The topological polar surface area (TPSA) is 20.2 Å². The van der Waals surface area contributed by atoms with Crippen LogP contribution in [0.5, 0.6) is 5.75 Å². The molecule has 0 aliphatic heterocycles. The normalized spacial score (nSPS) is 11.6. The van der Waals surface area contributed by atoms with Crippen LogP contribution in [0, 0.1) is 6.42 Å². The first-order valence-corrected chi connectivity index (χ1v) is 4.16. The number of phenolic OH excluding ortho intramolecular Hbond substituents is 1. The predicted molar refractivity (Wildman–Crippen MR) is 51.1 cm³/mol. The van der Waals surface area contributed by atoms with Gasteiger partial charge >= 0.3 is 0 Å². The highest BCUT2D eigenvalue weighted by Gasteiger charge is 2.08. The van der Waals surface area contributed by atoms with Gasteiger partial charge in [0.2, 0.25) is 0 Å². The summed E-state index contributed by atoms with van der Waals surface area (Å²) in [6.45, 7) is 6.35. The van der Waals surface area contributed by atoms with E-state index in [1.54, 1.807) is 12.1 Å². The van der Waals surface area contributed by atoms with E-state index in [0.717, 1.165) is 0 Å². The molecule has 1 nitrogen and oxygen atoms in total. The van der Waals surface area contributed by atoms with E-state index in [0.29, 0.717) is 5.75 Å². The van der Waals surface area contributed by atoms with Gasteiger partial charge in [-0.2, -0.15) is 6.92 Å². The van der Waals surface area contributed by atoms with Crippen molar-refractivity contribution in [1.29, 1.82) is 0 Å². The molecular weight excluding hydrogens is 148 g/mol. The van der Waals surface area contributed by atoms with E-state index in [4.69, 9.17) is 5.11 Å². The maximum atomic E-state index is 9.08. The quantitative estimate of drug-likeness (QED) is 0.665. The summed E-state index contributed by atoms with van der Waals surface area (Å²) < 4.78 is 0. The highest BCUT2D eigenvalue weighted by atomic mass is 16.3. The third kappa shape index (κ3) is 1.79. The van der Waals surface area contributed by atoms with E-state index in [1.165, 1.54) is 5.56 Å². The number of rotatable bonds is 2. The van der Waals surface area contributed by atoms with Gasteiger partial charge in [-0.05, 0) is 12.1 Å². The lowest BCUT2D eigenvalue weighted by molar-refractivity contribution is 0.474. The van der Waals surface area contributed by atoms with Gasteiger partial charge in [0.1, 0.15) is 5.75 Å². The van der Waals surface area contributed by atoms with Crippen molar-refractivity contribution in [3.8, 4) is 5.75 Å². The van der Waals surface area contributed by atoms with Gasteiger partial charge in [0.05, 0.1) is 0 Å². The Morgan fingerprint density at radius 1 is 1.17 bits per heavy atom. The van der Waals surface area contributed by atoms with Crippen LogP contribution in [0.3, 0.4) is 0 Å². The monoisotopic (exact) mass is 163 g/mol. The van der Waals surface area contributed by atoms with Gasteiger partial charge in [-0.1, -0.05) is 31.5 Å². The summed E-state index contributed by atoms with van der Waals surface area (Å²) in [6, 6.07) is 7.35. The summed E-state index contributed by atoms with van der Waals surface area (Å²) in [5, 5.41) is 9.08. The molecule has 12 heavy (non-hydrogen) atoms. The molecule has 0 radical (unpaired) electrons. The minimum atomic E-state index is 0.0910. The fourth-order valence-corrected chi connectivity index (χ4v) is 1.06. The van der Waals surface area contributed by atoms with Gasteiger partial charge < -0.3 is 11.5 Å². The third-order valence-electron chi connectivity index (χ3n) is 2.33. The largest absolute Gasteiger partial charge is 0.508 e. The van der Waals surface area contributed by atoms with E-state index < -0.39 is 0 Å². The summed E-state index contributed by atoms with van der Waals surface area (Å²) in [6.07, 6.45) is 2.15. The molecule has 1 aromatic rings. The van der Waals surface area contributed by atoms with E-state index in [2.05, 4.69) is 20.3 Å². The van der Waals surface area contributed by atoms with Crippen molar-refractivity contribution >= 4 is 0 Å². The molecule has 0 aliphatic rings. The van der Waals surface area contributed by atoms with Crippen molar-refractivity contribution in [2.45, 2.75) is 26.2 Å². The van der Waals surface area contributed by atoms with Gasteiger partial charge in [-0.3, -0.25) is 0 Å². The summed E-state index contributed by atoms with van der Waals surface area (Å²) in [7, 11) is 0. The Balaban J connectivity index is 2.96. The smallest absolute Gasteiger partial charge is 0.115 e. The molecule has 0 spiro atoms. The maximum absolute atomic E-state index is 9.08. The van der Waals surface area contributed by atoms with E-state index in [9.17, 15) is 0 Å². The molecule has 0 saturated heterocycles. The van der Waals surface area contributed by atoms with Crippen LogP contribution < -0.4 is 0 Å². The standard InChI is InChI=1S/C11H15O/c1-4-11(2,3)9-5-7-10(12)8-6-9/h4-8,12H,1-3H3/q-1.